The Morgan fingerprint density at radius 2 is 2.07 bits per heavy atom. The van der Waals surface area contributed by atoms with Crippen molar-refractivity contribution in [3.8, 4) is 6.07 Å². The van der Waals surface area contributed by atoms with E-state index in [0.717, 1.165) is 32.6 Å². The molecular formula is C24H36FN3O. The van der Waals surface area contributed by atoms with Crippen LogP contribution in [0.5, 0.6) is 0 Å². The average Bonchev–Trinajstić information content (AvgIpc) is 3.45. The largest absolute Gasteiger partial charge is 0.373 e. The SMILES string of the molecule is N#CC1CCC(C2CCCC(CN3[C@H]4CC[C@@H]3C(N)C4)C2C2=CCOC2)CC1F. The molecule has 2 aliphatic carbocycles. The van der Waals surface area contributed by atoms with E-state index in [4.69, 9.17) is 10.5 Å². The van der Waals surface area contributed by atoms with Gasteiger partial charge in [0.15, 0.2) is 0 Å². The molecule has 2 N–H and O–H groups in total. The summed E-state index contributed by atoms with van der Waals surface area (Å²) < 4.78 is 20.4. The van der Waals surface area contributed by atoms with Crippen LogP contribution in [0, 0.1) is 40.9 Å². The molecular weight excluding hydrogens is 365 g/mol. The maximum atomic E-state index is 14.7. The number of hydrogen-bond acceptors (Lipinski definition) is 4. The van der Waals surface area contributed by atoms with E-state index >= 15 is 0 Å². The molecule has 2 saturated heterocycles. The topological polar surface area (TPSA) is 62.3 Å². The molecule has 2 bridgehead atoms. The van der Waals surface area contributed by atoms with E-state index in [0.29, 0.717) is 48.2 Å². The molecule has 0 amide bonds. The molecule has 29 heavy (non-hydrogen) atoms. The Morgan fingerprint density at radius 1 is 1.17 bits per heavy atom. The number of rotatable bonds is 4. The Kier molecular flexibility index (Phi) is 5.71. The van der Waals surface area contributed by atoms with Gasteiger partial charge in [-0.1, -0.05) is 12.5 Å². The van der Waals surface area contributed by atoms with Crippen LogP contribution < -0.4 is 5.73 Å². The Balaban J connectivity index is 1.35. The second-order valence-corrected chi connectivity index (χ2v) is 10.4. The van der Waals surface area contributed by atoms with Crippen molar-refractivity contribution in [1.82, 2.24) is 4.90 Å². The van der Waals surface area contributed by atoms with E-state index in [1.54, 1.807) is 0 Å². The number of fused-ring (bicyclic) bond motifs is 2. The van der Waals surface area contributed by atoms with Gasteiger partial charge in [-0.25, -0.2) is 4.39 Å². The lowest BCUT2D eigenvalue weighted by molar-refractivity contribution is 0.0413. The van der Waals surface area contributed by atoms with Crippen LogP contribution in [0.1, 0.15) is 57.8 Å². The maximum absolute atomic E-state index is 14.7. The Bertz CT molecular complexity index is 676. The molecule has 2 saturated carbocycles. The van der Waals surface area contributed by atoms with E-state index < -0.39 is 6.17 Å². The number of nitrogens with two attached hydrogens (primary N) is 1. The van der Waals surface area contributed by atoms with Gasteiger partial charge in [0, 0.05) is 24.7 Å². The molecule has 3 heterocycles. The predicted octanol–water partition coefficient (Wildman–Crippen LogP) is 3.82. The van der Waals surface area contributed by atoms with Crippen LogP contribution in [-0.4, -0.2) is 49.0 Å². The molecule has 0 spiro atoms. The van der Waals surface area contributed by atoms with E-state index in [2.05, 4.69) is 17.0 Å². The van der Waals surface area contributed by atoms with Gasteiger partial charge in [0.05, 0.1) is 25.2 Å². The third-order valence-electron chi connectivity index (χ3n) is 9.00. The van der Waals surface area contributed by atoms with E-state index in [-0.39, 0.29) is 5.92 Å². The summed E-state index contributed by atoms with van der Waals surface area (Å²) in [6.45, 7) is 2.66. The summed E-state index contributed by atoms with van der Waals surface area (Å²) in [7, 11) is 0. The summed E-state index contributed by atoms with van der Waals surface area (Å²) in [5, 5.41) is 9.23. The summed E-state index contributed by atoms with van der Waals surface area (Å²) in [6.07, 6.45) is 11.2. The summed E-state index contributed by atoms with van der Waals surface area (Å²) in [6, 6.07) is 3.82. The van der Waals surface area contributed by atoms with Crippen LogP contribution in [0.4, 0.5) is 4.39 Å². The molecule has 7 unspecified atom stereocenters. The first-order valence-electron chi connectivity index (χ1n) is 12.0. The highest BCUT2D eigenvalue weighted by Gasteiger charge is 2.48. The van der Waals surface area contributed by atoms with Crippen LogP contribution in [0.3, 0.4) is 0 Å². The quantitative estimate of drug-likeness (QED) is 0.728. The van der Waals surface area contributed by atoms with Gasteiger partial charge in [0.2, 0.25) is 0 Å². The first kappa shape index (κ1) is 20.0. The molecule has 160 valence electrons. The van der Waals surface area contributed by atoms with Crippen LogP contribution in [0.25, 0.3) is 0 Å². The highest BCUT2D eigenvalue weighted by atomic mass is 19.1. The summed E-state index contributed by atoms with van der Waals surface area (Å²) in [5.41, 5.74) is 7.90. The fourth-order valence-corrected chi connectivity index (χ4v) is 7.66. The lowest BCUT2D eigenvalue weighted by Gasteiger charge is -2.46. The number of nitrogens with zero attached hydrogens (tertiary/aromatic N) is 2. The normalized spacial score (nSPS) is 47.9. The van der Waals surface area contributed by atoms with Gasteiger partial charge < -0.3 is 10.5 Å². The lowest BCUT2D eigenvalue weighted by atomic mass is 9.61. The second kappa shape index (κ2) is 8.29. The van der Waals surface area contributed by atoms with Gasteiger partial charge >= 0.3 is 0 Å². The number of alkyl halides is 1. The fraction of sp³-hybridized carbons (Fsp3) is 0.875. The molecule has 0 aromatic carbocycles. The summed E-state index contributed by atoms with van der Waals surface area (Å²) >= 11 is 0. The molecule has 9 atom stereocenters. The summed E-state index contributed by atoms with van der Waals surface area (Å²) in [4.78, 5) is 2.74. The molecule has 0 aromatic heterocycles. The van der Waals surface area contributed by atoms with Crippen LogP contribution in [-0.2, 0) is 4.74 Å². The molecule has 4 nitrogen and oxygen atoms in total. The standard InChI is InChI=1S/C24H36FN3O/c25-21-10-15(4-5-16(21)12-26)20-3-1-2-17(24(20)18-8-9-29-14-18)13-28-19-6-7-23(28)22(27)11-19/h8,15-17,19-24H,1-7,9-11,13-14,27H2/t15?,16?,17?,19-,20?,21?,22?,23+,24?/m0/s1. The Hall–Kier alpha value is -0.960. The third kappa shape index (κ3) is 3.66. The van der Waals surface area contributed by atoms with Crippen LogP contribution in [0.15, 0.2) is 11.6 Å². The Morgan fingerprint density at radius 3 is 2.72 bits per heavy atom. The minimum atomic E-state index is -0.944. The van der Waals surface area contributed by atoms with Gasteiger partial charge in [0.1, 0.15) is 6.17 Å². The van der Waals surface area contributed by atoms with Crippen molar-refractivity contribution in [2.24, 2.45) is 35.3 Å². The van der Waals surface area contributed by atoms with Crippen molar-refractivity contribution in [2.45, 2.75) is 82.1 Å². The molecule has 0 aromatic rings. The predicted molar refractivity (Wildman–Crippen MR) is 111 cm³/mol. The minimum absolute atomic E-state index is 0.356. The van der Waals surface area contributed by atoms with Crippen molar-refractivity contribution in [3.63, 3.8) is 0 Å². The molecule has 0 radical (unpaired) electrons. The number of hydrogen-bond donors (Lipinski definition) is 1. The fourth-order valence-electron chi connectivity index (χ4n) is 7.66. The van der Waals surface area contributed by atoms with Crippen molar-refractivity contribution in [2.75, 3.05) is 19.8 Å². The van der Waals surface area contributed by atoms with Gasteiger partial charge in [-0.05, 0) is 80.6 Å². The Labute approximate surface area is 174 Å². The minimum Gasteiger partial charge on any atom is -0.373 e. The second-order valence-electron chi connectivity index (χ2n) is 10.4. The first-order valence-corrected chi connectivity index (χ1v) is 12.0. The third-order valence-corrected chi connectivity index (χ3v) is 9.00. The van der Waals surface area contributed by atoms with Gasteiger partial charge in [0.25, 0.3) is 0 Å². The molecule has 4 fully saturated rings. The smallest absolute Gasteiger partial charge is 0.116 e. The molecule has 5 heteroatoms. The van der Waals surface area contributed by atoms with Gasteiger partial charge in [-0.15, -0.1) is 0 Å². The van der Waals surface area contributed by atoms with E-state index in [9.17, 15) is 9.65 Å². The van der Waals surface area contributed by atoms with Gasteiger partial charge in [-0.3, -0.25) is 4.90 Å². The zero-order valence-corrected chi connectivity index (χ0v) is 17.5. The van der Waals surface area contributed by atoms with Crippen molar-refractivity contribution >= 4 is 0 Å². The van der Waals surface area contributed by atoms with E-state index in [1.165, 1.54) is 44.1 Å². The van der Waals surface area contributed by atoms with Crippen molar-refractivity contribution < 1.29 is 9.13 Å². The number of ether oxygens (including phenoxy) is 1. The zero-order valence-electron chi connectivity index (χ0n) is 17.5. The number of halogens is 1. The number of nitriles is 1. The monoisotopic (exact) mass is 401 g/mol. The van der Waals surface area contributed by atoms with E-state index in [1.807, 2.05) is 0 Å². The molecule has 5 rings (SSSR count). The van der Waals surface area contributed by atoms with Crippen molar-refractivity contribution in [3.05, 3.63) is 11.6 Å². The van der Waals surface area contributed by atoms with Crippen LogP contribution >= 0.6 is 0 Å². The summed E-state index contributed by atoms with van der Waals surface area (Å²) in [5.74, 6) is 1.75. The molecule has 5 aliphatic rings. The highest BCUT2D eigenvalue weighted by molar-refractivity contribution is 5.17. The van der Waals surface area contributed by atoms with Crippen molar-refractivity contribution in [1.29, 1.82) is 5.26 Å². The highest BCUT2D eigenvalue weighted by Crippen LogP contribution is 2.50. The molecule has 3 aliphatic heterocycles. The zero-order chi connectivity index (χ0) is 20.0. The lowest BCUT2D eigenvalue weighted by Crippen LogP contribution is -2.45. The maximum Gasteiger partial charge on any atom is 0.116 e. The van der Waals surface area contributed by atoms with Crippen LogP contribution in [0.2, 0.25) is 0 Å². The average molecular weight is 402 g/mol. The first-order chi connectivity index (χ1) is 14.2. The van der Waals surface area contributed by atoms with Gasteiger partial charge in [-0.2, -0.15) is 5.26 Å².